The summed E-state index contributed by atoms with van der Waals surface area (Å²) in [4.78, 5) is 15.8. The first-order chi connectivity index (χ1) is 27.7. The van der Waals surface area contributed by atoms with E-state index in [2.05, 4.69) is 163 Å². The molecule has 3 nitrogen and oxygen atoms in total. The van der Waals surface area contributed by atoms with Crippen molar-refractivity contribution < 1.29 is 9.21 Å². The highest BCUT2D eigenvalue weighted by Crippen LogP contribution is 2.44. The molecule has 11 rings (SSSR count). The summed E-state index contributed by atoms with van der Waals surface area (Å²) in [6.07, 6.45) is 0. The second-order valence-electron chi connectivity index (χ2n) is 14.4. The minimum atomic E-state index is 0.0971. The SMILES string of the molecule is O=C1c2ccccc2-c2cccc(-c3ccc(-c4ccc(N(c5ccc(-c6cccc7c6oc6ccccc67)cc5)c5cccc6ccccc56)cc4)cc3)c21. The summed E-state index contributed by atoms with van der Waals surface area (Å²) in [7, 11) is 0. The molecule has 1 heterocycles. The van der Waals surface area contributed by atoms with E-state index in [4.69, 9.17) is 4.42 Å². The van der Waals surface area contributed by atoms with E-state index in [-0.39, 0.29) is 5.78 Å². The number of ketones is 1. The number of carbonyl (C=O) groups is 1. The van der Waals surface area contributed by atoms with Crippen LogP contribution in [0.2, 0.25) is 0 Å². The van der Waals surface area contributed by atoms with E-state index in [1.54, 1.807) is 0 Å². The van der Waals surface area contributed by atoms with Gasteiger partial charge in [0, 0.05) is 44.2 Å². The molecule has 0 fully saturated rings. The summed E-state index contributed by atoms with van der Waals surface area (Å²) in [5, 5.41) is 4.62. The van der Waals surface area contributed by atoms with Gasteiger partial charge in [-0.1, -0.05) is 164 Å². The van der Waals surface area contributed by atoms with Crippen molar-refractivity contribution in [2.75, 3.05) is 4.90 Å². The Morgan fingerprint density at radius 2 is 0.857 bits per heavy atom. The van der Waals surface area contributed by atoms with Crippen LogP contribution < -0.4 is 4.90 Å². The largest absolute Gasteiger partial charge is 0.455 e. The van der Waals surface area contributed by atoms with Crippen LogP contribution in [0, 0.1) is 0 Å². The average molecular weight is 716 g/mol. The van der Waals surface area contributed by atoms with Crippen molar-refractivity contribution in [2.24, 2.45) is 0 Å². The highest BCUT2D eigenvalue weighted by atomic mass is 16.3. The second-order valence-corrected chi connectivity index (χ2v) is 14.4. The Bertz CT molecular complexity index is 3130. The Kier molecular flexibility index (Phi) is 7.33. The molecule has 0 saturated heterocycles. The van der Waals surface area contributed by atoms with E-state index in [0.29, 0.717) is 0 Å². The van der Waals surface area contributed by atoms with Crippen LogP contribution in [-0.2, 0) is 0 Å². The maximum atomic E-state index is 13.5. The molecular weight excluding hydrogens is 683 g/mol. The Hall–Kier alpha value is -7.49. The van der Waals surface area contributed by atoms with E-state index in [1.807, 2.05) is 42.5 Å². The van der Waals surface area contributed by atoms with Gasteiger partial charge in [0.1, 0.15) is 11.2 Å². The van der Waals surface area contributed by atoms with Gasteiger partial charge in [-0.05, 0) is 80.7 Å². The fourth-order valence-electron chi connectivity index (χ4n) is 8.55. The molecule has 0 N–H and O–H groups in total. The Morgan fingerprint density at radius 3 is 1.64 bits per heavy atom. The third-order valence-electron chi connectivity index (χ3n) is 11.3. The molecule has 56 heavy (non-hydrogen) atoms. The highest BCUT2D eigenvalue weighted by Gasteiger charge is 2.29. The standard InChI is InChI=1S/C53H33NO2/c55-52-47-15-4-3-13-44(47)46-18-8-16-42(51(46)52)37-24-22-34(23-25-37)35-26-30-39(31-27-35)54(49-20-7-11-36-10-1-2-12-41(36)49)40-32-28-38(29-33-40)43-17-9-19-48-45-14-5-6-21-50(45)56-53(43)48/h1-33H. The van der Waals surface area contributed by atoms with E-state index in [0.717, 1.165) is 94.6 Å². The first-order valence-corrected chi connectivity index (χ1v) is 19.0. The van der Waals surface area contributed by atoms with E-state index in [9.17, 15) is 4.79 Å². The van der Waals surface area contributed by atoms with Crippen molar-refractivity contribution in [2.45, 2.75) is 0 Å². The molecule has 0 atom stereocenters. The zero-order chi connectivity index (χ0) is 37.2. The molecule has 0 saturated carbocycles. The van der Waals surface area contributed by atoms with Gasteiger partial charge in [-0.3, -0.25) is 4.79 Å². The first kappa shape index (κ1) is 32.0. The molecule has 1 aliphatic rings. The second kappa shape index (κ2) is 12.8. The lowest BCUT2D eigenvalue weighted by Gasteiger charge is -2.27. The number of benzene rings is 9. The number of hydrogen-bond acceptors (Lipinski definition) is 3. The minimum Gasteiger partial charge on any atom is -0.455 e. The van der Waals surface area contributed by atoms with Crippen LogP contribution in [0.15, 0.2) is 205 Å². The van der Waals surface area contributed by atoms with Gasteiger partial charge in [0.25, 0.3) is 0 Å². The van der Waals surface area contributed by atoms with Crippen LogP contribution in [0.4, 0.5) is 17.1 Å². The Balaban J connectivity index is 0.949. The van der Waals surface area contributed by atoms with Crippen LogP contribution in [0.25, 0.3) is 77.2 Å². The van der Waals surface area contributed by atoms with E-state index < -0.39 is 0 Å². The third kappa shape index (κ3) is 5.09. The molecule has 0 bridgehead atoms. The zero-order valence-corrected chi connectivity index (χ0v) is 30.3. The number of fused-ring (bicyclic) bond motifs is 7. The van der Waals surface area contributed by atoms with Crippen LogP contribution in [0.1, 0.15) is 15.9 Å². The van der Waals surface area contributed by atoms with Crippen LogP contribution in [-0.4, -0.2) is 5.78 Å². The Labute approximate surface area is 324 Å². The molecule has 0 unspecified atom stereocenters. The quantitative estimate of drug-likeness (QED) is 0.172. The summed E-state index contributed by atoms with van der Waals surface area (Å²) >= 11 is 0. The summed E-state index contributed by atoms with van der Waals surface area (Å²) in [6, 6.07) is 69.9. The van der Waals surface area contributed by atoms with Crippen molar-refractivity contribution in [1.82, 2.24) is 0 Å². The minimum absolute atomic E-state index is 0.0971. The maximum Gasteiger partial charge on any atom is 0.194 e. The predicted molar refractivity (Wildman–Crippen MR) is 231 cm³/mol. The third-order valence-corrected chi connectivity index (χ3v) is 11.3. The van der Waals surface area contributed by atoms with Crippen LogP contribution >= 0.6 is 0 Å². The Morgan fingerprint density at radius 1 is 0.357 bits per heavy atom. The van der Waals surface area contributed by atoms with Gasteiger partial charge in [0.05, 0.1) is 5.69 Å². The molecule has 0 aliphatic heterocycles. The van der Waals surface area contributed by atoms with Crippen molar-refractivity contribution in [1.29, 1.82) is 0 Å². The normalized spacial score (nSPS) is 12.0. The summed E-state index contributed by atoms with van der Waals surface area (Å²) < 4.78 is 6.39. The van der Waals surface area contributed by atoms with Gasteiger partial charge < -0.3 is 9.32 Å². The molecule has 3 heteroatoms. The van der Waals surface area contributed by atoms with Gasteiger partial charge >= 0.3 is 0 Å². The molecule has 1 aliphatic carbocycles. The topological polar surface area (TPSA) is 33.5 Å². The van der Waals surface area contributed by atoms with Crippen molar-refractivity contribution in [3.8, 4) is 44.5 Å². The average Bonchev–Trinajstić information content (AvgIpc) is 3.80. The van der Waals surface area contributed by atoms with Crippen molar-refractivity contribution in [3.63, 3.8) is 0 Å². The fourth-order valence-corrected chi connectivity index (χ4v) is 8.55. The van der Waals surface area contributed by atoms with Gasteiger partial charge in [-0.15, -0.1) is 0 Å². The van der Waals surface area contributed by atoms with Gasteiger partial charge in [0.15, 0.2) is 5.78 Å². The predicted octanol–water partition coefficient (Wildman–Crippen LogP) is 14.4. The highest BCUT2D eigenvalue weighted by molar-refractivity contribution is 6.24. The van der Waals surface area contributed by atoms with E-state index in [1.165, 1.54) is 10.8 Å². The van der Waals surface area contributed by atoms with Crippen LogP contribution in [0.5, 0.6) is 0 Å². The number of carbonyl (C=O) groups excluding carboxylic acids is 1. The monoisotopic (exact) mass is 715 g/mol. The molecule has 0 radical (unpaired) electrons. The van der Waals surface area contributed by atoms with Crippen LogP contribution in [0.3, 0.4) is 0 Å². The number of anilines is 3. The van der Waals surface area contributed by atoms with Gasteiger partial charge in [0.2, 0.25) is 0 Å². The van der Waals surface area contributed by atoms with E-state index >= 15 is 0 Å². The molecule has 0 amide bonds. The summed E-state index contributed by atoms with van der Waals surface area (Å²) in [5.74, 6) is 0.0971. The molecule has 0 spiro atoms. The smallest absolute Gasteiger partial charge is 0.194 e. The summed E-state index contributed by atoms with van der Waals surface area (Å²) in [5.41, 5.74) is 15.0. The number of nitrogens with zero attached hydrogens (tertiary/aromatic N) is 1. The number of furan rings is 1. The lowest BCUT2D eigenvalue weighted by molar-refractivity contribution is 0.104. The molecule has 1 aromatic heterocycles. The number of hydrogen-bond donors (Lipinski definition) is 0. The fraction of sp³-hybridized carbons (Fsp3) is 0. The van der Waals surface area contributed by atoms with Crippen molar-refractivity contribution >= 4 is 55.6 Å². The van der Waals surface area contributed by atoms with Crippen molar-refractivity contribution in [3.05, 3.63) is 211 Å². The molecule has 262 valence electrons. The lowest BCUT2D eigenvalue weighted by Crippen LogP contribution is -2.10. The lowest BCUT2D eigenvalue weighted by atomic mass is 9.94. The zero-order valence-electron chi connectivity index (χ0n) is 30.3. The number of para-hydroxylation sites is 2. The molecule has 9 aromatic carbocycles. The molecular formula is C53H33NO2. The van der Waals surface area contributed by atoms with Gasteiger partial charge in [-0.2, -0.15) is 0 Å². The summed E-state index contributed by atoms with van der Waals surface area (Å²) in [6.45, 7) is 0. The maximum absolute atomic E-state index is 13.5. The van der Waals surface area contributed by atoms with Gasteiger partial charge in [-0.25, -0.2) is 0 Å². The number of rotatable bonds is 6. The molecule has 10 aromatic rings. The first-order valence-electron chi connectivity index (χ1n) is 19.0.